The number of nitrogens with one attached hydrogen (secondary N) is 1. The van der Waals surface area contributed by atoms with Crippen LogP contribution >= 0.6 is 0 Å². The molecule has 0 bridgehead atoms. The van der Waals surface area contributed by atoms with Gasteiger partial charge in [-0.2, -0.15) is 0 Å². The minimum atomic E-state index is -1.03. The van der Waals surface area contributed by atoms with Gasteiger partial charge in [0.05, 0.1) is 12.3 Å². The number of carbonyl (C=O) groups excluding carboxylic acids is 1. The normalized spacial score (nSPS) is 16.7. The van der Waals surface area contributed by atoms with Crippen molar-refractivity contribution in [1.82, 2.24) is 4.90 Å². The number of benzene rings is 1. The van der Waals surface area contributed by atoms with Crippen molar-refractivity contribution in [3.05, 3.63) is 28.3 Å². The number of amides is 2. The van der Waals surface area contributed by atoms with E-state index in [9.17, 15) is 9.90 Å². The Morgan fingerprint density at radius 3 is 2.89 bits per heavy atom. The highest BCUT2D eigenvalue weighted by Gasteiger charge is 2.28. The minimum Gasteiger partial charge on any atom is -0.364 e. The molecule has 0 aliphatic carbocycles. The highest BCUT2D eigenvalue weighted by atomic mass is 16.6. The number of terminal acetylenes is 1. The van der Waals surface area contributed by atoms with Crippen LogP contribution in [0.3, 0.4) is 0 Å². The maximum Gasteiger partial charge on any atom is 0.321 e. The highest BCUT2D eigenvalue weighted by Crippen LogP contribution is 2.38. The van der Waals surface area contributed by atoms with Crippen molar-refractivity contribution >= 4 is 11.7 Å². The van der Waals surface area contributed by atoms with E-state index >= 15 is 0 Å². The van der Waals surface area contributed by atoms with Crippen LogP contribution < -0.4 is 5.32 Å². The molecule has 1 unspecified atom stereocenters. The SMILES string of the molecule is C#Cc1cc(NC(=O)N(C)C)c2c(c1C)COC2O. The number of carbonyl (C=O) groups is 1. The average molecular weight is 260 g/mol. The van der Waals surface area contributed by atoms with Gasteiger partial charge in [-0.25, -0.2) is 4.79 Å². The zero-order chi connectivity index (χ0) is 14.2. The molecule has 5 nitrogen and oxygen atoms in total. The summed E-state index contributed by atoms with van der Waals surface area (Å²) in [4.78, 5) is 13.2. The third-order valence-electron chi connectivity index (χ3n) is 3.20. The van der Waals surface area contributed by atoms with E-state index in [2.05, 4.69) is 11.2 Å². The molecule has 1 aliphatic rings. The fraction of sp³-hybridized carbons (Fsp3) is 0.357. The Labute approximate surface area is 112 Å². The number of ether oxygens (including phenoxy) is 1. The number of fused-ring (bicyclic) bond motifs is 1. The molecule has 5 heteroatoms. The lowest BCUT2D eigenvalue weighted by atomic mass is 9.96. The Balaban J connectivity index is 2.52. The molecule has 0 radical (unpaired) electrons. The third kappa shape index (κ3) is 2.28. The van der Waals surface area contributed by atoms with Crippen LogP contribution in [-0.4, -0.2) is 30.1 Å². The Kier molecular flexibility index (Phi) is 3.47. The Bertz CT molecular complexity index is 573. The predicted octanol–water partition coefficient (Wildman–Crippen LogP) is 1.59. The number of urea groups is 1. The number of hydrogen-bond donors (Lipinski definition) is 2. The first-order chi connectivity index (χ1) is 8.95. The largest absolute Gasteiger partial charge is 0.364 e. The summed E-state index contributed by atoms with van der Waals surface area (Å²) in [5.41, 5.74) is 3.52. The summed E-state index contributed by atoms with van der Waals surface area (Å²) in [5, 5.41) is 12.6. The molecule has 0 aromatic heterocycles. The lowest BCUT2D eigenvalue weighted by Gasteiger charge is -2.17. The van der Waals surface area contributed by atoms with Gasteiger partial charge in [0, 0.05) is 25.2 Å². The Morgan fingerprint density at radius 2 is 2.32 bits per heavy atom. The van der Waals surface area contributed by atoms with E-state index in [4.69, 9.17) is 11.2 Å². The summed E-state index contributed by atoms with van der Waals surface area (Å²) in [6, 6.07) is 1.40. The van der Waals surface area contributed by atoms with Gasteiger partial charge in [-0.15, -0.1) is 6.42 Å². The summed E-state index contributed by atoms with van der Waals surface area (Å²) in [6.07, 6.45) is 4.43. The first-order valence-electron chi connectivity index (χ1n) is 5.86. The van der Waals surface area contributed by atoms with Crippen LogP contribution in [0.5, 0.6) is 0 Å². The second-order valence-electron chi connectivity index (χ2n) is 4.62. The predicted molar refractivity (Wildman–Crippen MR) is 71.6 cm³/mol. The summed E-state index contributed by atoms with van der Waals surface area (Å²) in [5.74, 6) is 2.58. The smallest absolute Gasteiger partial charge is 0.321 e. The molecule has 19 heavy (non-hydrogen) atoms. The molecule has 0 saturated carbocycles. The standard InChI is InChI=1S/C14H16N2O3/c1-5-9-6-11(15-14(18)16(3)4)12-10(8(9)2)7-19-13(12)17/h1,6,13,17H,7H2,2-4H3,(H,15,18). The van der Waals surface area contributed by atoms with Gasteiger partial charge in [0.1, 0.15) is 0 Å². The number of anilines is 1. The highest BCUT2D eigenvalue weighted by molar-refractivity contribution is 5.90. The number of rotatable bonds is 1. The van der Waals surface area contributed by atoms with Crippen molar-refractivity contribution in [3.8, 4) is 12.3 Å². The first-order valence-corrected chi connectivity index (χ1v) is 5.86. The van der Waals surface area contributed by atoms with Crippen molar-refractivity contribution in [2.24, 2.45) is 0 Å². The van der Waals surface area contributed by atoms with Crippen molar-refractivity contribution in [2.45, 2.75) is 19.8 Å². The maximum atomic E-state index is 11.7. The van der Waals surface area contributed by atoms with Crippen LogP contribution in [0.15, 0.2) is 6.07 Å². The molecule has 2 amide bonds. The molecule has 0 saturated heterocycles. The van der Waals surface area contributed by atoms with E-state index in [1.165, 1.54) is 4.90 Å². The lowest BCUT2D eigenvalue weighted by Crippen LogP contribution is -2.28. The van der Waals surface area contributed by atoms with Crippen molar-refractivity contribution in [3.63, 3.8) is 0 Å². The van der Waals surface area contributed by atoms with E-state index in [0.29, 0.717) is 23.4 Å². The molecule has 2 rings (SSSR count). The molecular formula is C14H16N2O3. The van der Waals surface area contributed by atoms with Gasteiger partial charge in [-0.3, -0.25) is 0 Å². The van der Waals surface area contributed by atoms with E-state index in [1.54, 1.807) is 20.2 Å². The van der Waals surface area contributed by atoms with Gasteiger partial charge in [-0.1, -0.05) is 5.92 Å². The van der Waals surface area contributed by atoms with Crippen LogP contribution in [0.4, 0.5) is 10.5 Å². The topological polar surface area (TPSA) is 61.8 Å². The van der Waals surface area contributed by atoms with Gasteiger partial charge >= 0.3 is 6.03 Å². The average Bonchev–Trinajstić information content (AvgIpc) is 2.75. The van der Waals surface area contributed by atoms with E-state index in [-0.39, 0.29) is 6.03 Å². The molecule has 1 atom stereocenters. The van der Waals surface area contributed by atoms with Gasteiger partial charge < -0.3 is 20.1 Å². The Hall–Kier alpha value is -2.03. The van der Waals surface area contributed by atoms with Crippen LogP contribution in [-0.2, 0) is 11.3 Å². The van der Waals surface area contributed by atoms with E-state index in [1.807, 2.05) is 6.92 Å². The zero-order valence-corrected chi connectivity index (χ0v) is 11.2. The van der Waals surface area contributed by atoms with Gasteiger partial charge in [0.25, 0.3) is 0 Å². The summed E-state index contributed by atoms with van der Waals surface area (Å²) < 4.78 is 5.21. The summed E-state index contributed by atoms with van der Waals surface area (Å²) in [7, 11) is 3.28. The molecule has 0 fully saturated rings. The summed E-state index contributed by atoms with van der Waals surface area (Å²) in [6.45, 7) is 2.18. The van der Waals surface area contributed by atoms with E-state index in [0.717, 1.165) is 11.1 Å². The second-order valence-corrected chi connectivity index (χ2v) is 4.62. The van der Waals surface area contributed by atoms with Crippen LogP contribution in [0, 0.1) is 19.3 Å². The van der Waals surface area contributed by atoms with Crippen molar-refractivity contribution in [1.29, 1.82) is 0 Å². The number of aliphatic hydroxyl groups excluding tert-OH is 1. The third-order valence-corrected chi connectivity index (χ3v) is 3.20. The lowest BCUT2D eigenvalue weighted by molar-refractivity contribution is -0.0915. The molecule has 1 heterocycles. The van der Waals surface area contributed by atoms with Crippen molar-refractivity contribution in [2.75, 3.05) is 19.4 Å². The van der Waals surface area contributed by atoms with Gasteiger partial charge in [0.2, 0.25) is 0 Å². The van der Waals surface area contributed by atoms with Crippen LogP contribution in [0.25, 0.3) is 0 Å². The molecule has 1 aromatic rings. The van der Waals surface area contributed by atoms with Crippen LogP contribution in [0.2, 0.25) is 0 Å². The fourth-order valence-corrected chi connectivity index (χ4v) is 2.05. The first kappa shape index (κ1) is 13.4. The number of hydrogen-bond acceptors (Lipinski definition) is 3. The molecule has 1 aliphatic heterocycles. The number of aliphatic hydroxyl groups is 1. The van der Waals surface area contributed by atoms with Crippen LogP contribution in [0.1, 0.15) is 28.5 Å². The maximum absolute atomic E-state index is 11.7. The molecule has 1 aromatic carbocycles. The summed E-state index contributed by atoms with van der Waals surface area (Å²) >= 11 is 0. The monoisotopic (exact) mass is 260 g/mol. The molecule has 100 valence electrons. The Morgan fingerprint density at radius 1 is 1.63 bits per heavy atom. The zero-order valence-electron chi connectivity index (χ0n) is 11.2. The van der Waals surface area contributed by atoms with E-state index < -0.39 is 6.29 Å². The van der Waals surface area contributed by atoms with Gasteiger partial charge in [-0.05, 0) is 24.1 Å². The second kappa shape index (κ2) is 4.92. The molecule has 2 N–H and O–H groups in total. The fourth-order valence-electron chi connectivity index (χ4n) is 2.05. The van der Waals surface area contributed by atoms with Crippen molar-refractivity contribution < 1.29 is 14.6 Å². The molecular weight excluding hydrogens is 244 g/mol. The van der Waals surface area contributed by atoms with Gasteiger partial charge in [0.15, 0.2) is 6.29 Å². The molecule has 0 spiro atoms. The minimum absolute atomic E-state index is 0.284. The number of nitrogens with zero attached hydrogens (tertiary/aromatic N) is 1. The quantitative estimate of drug-likeness (QED) is 0.754.